The largest absolute Gasteiger partial charge is 0.497 e. The van der Waals surface area contributed by atoms with E-state index < -0.39 is 0 Å². The quantitative estimate of drug-likeness (QED) is 0.539. The number of rotatable bonds is 6. The first-order chi connectivity index (χ1) is 16.5. The van der Waals surface area contributed by atoms with Crippen molar-refractivity contribution in [1.82, 2.24) is 9.88 Å². The summed E-state index contributed by atoms with van der Waals surface area (Å²) < 4.78 is 5.35. The van der Waals surface area contributed by atoms with Gasteiger partial charge >= 0.3 is 6.03 Å². The average Bonchev–Trinajstić information content (AvgIpc) is 3.08. The highest BCUT2D eigenvalue weighted by Crippen LogP contribution is 2.21. The van der Waals surface area contributed by atoms with Crippen LogP contribution in [-0.2, 0) is 6.54 Å². The molecule has 34 heavy (non-hydrogen) atoms. The minimum atomic E-state index is -0.269. The van der Waals surface area contributed by atoms with Crippen LogP contribution in [0.2, 0.25) is 0 Å². The van der Waals surface area contributed by atoms with E-state index in [1.54, 1.807) is 13.3 Å². The number of hydrogen-bond donors (Lipinski definition) is 2. The van der Waals surface area contributed by atoms with Crippen molar-refractivity contribution < 1.29 is 9.53 Å². The molecule has 0 saturated carbocycles. The lowest BCUT2D eigenvalue weighted by Crippen LogP contribution is -2.31. The normalized spacial score (nSPS) is 14.4. The first-order valence-electron chi connectivity index (χ1n) is 11.7. The number of ether oxygens (including phenoxy) is 1. The van der Waals surface area contributed by atoms with Crippen LogP contribution in [0.25, 0.3) is 0 Å². The van der Waals surface area contributed by atoms with Gasteiger partial charge in [0.15, 0.2) is 0 Å². The van der Waals surface area contributed by atoms with Gasteiger partial charge in [0.25, 0.3) is 0 Å². The molecule has 0 bridgehead atoms. The Bertz CT molecular complexity index is 1100. The number of aromatic nitrogens is 1. The lowest BCUT2D eigenvalue weighted by atomic mass is 10.1. The number of anilines is 3. The molecule has 7 heteroatoms. The minimum Gasteiger partial charge on any atom is -0.497 e. The van der Waals surface area contributed by atoms with Crippen LogP contribution in [0.1, 0.15) is 23.1 Å². The summed E-state index contributed by atoms with van der Waals surface area (Å²) in [6, 6.07) is 17.8. The summed E-state index contributed by atoms with van der Waals surface area (Å²) in [5.41, 5.74) is 4.84. The van der Waals surface area contributed by atoms with Gasteiger partial charge in [0.1, 0.15) is 11.6 Å². The Balaban J connectivity index is 1.31. The summed E-state index contributed by atoms with van der Waals surface area (Å²) in [7, 11) is 1.70. The Morgan fingerprint density at radius 1 is 0.971 bits per heavy atom. The monoisotopic (exact) mass is 459 g/mol. The van der Waals surface area contributed by atoms with Gasteiger partial charge in [-0.1, -0.05) is 30.3 Å². The molecule has 4 rings (SSSR count). The number of nitrogens with zero attached hydrogens (tertiary/aromatic N) is 3. The van der Waals surface area contributed by atoms with Crippen LogP contribution in [-0.4, -0.2) is 49.2 Å². The van der Waals surface area contributed by atoms with E-state index >= 15 is 0 Å². The van der Waals surface area contributed by atoms with E-state index in [0.29, 0.717) is 5.69 Å². The number of carbonyl (C=O) groups excluding carboxylic acids is 1. The molecule has 0 unspecified atom stereocenters. The SMILES string of the molecule is COc1cccc(CN2CCCN(c3ccc(NC(=O)Nc4c(C)cccc4C)cn3)CC2)c1. The summed E-state index contributed by atoms with van der Waals surface area (Å²) in [6.07, 6.45) is 2.79. The maximum Gasteiger partial charge on any atom is 0.323 e. The molecule has 2 amide bonds. The molecule has 7 nitrogen and oxygen atoms in total. The Hall–Kier alpha value is -3.58. The average molecular weight is 460 g/mol. The van der Waals surface area contributed by atoms with Gasteiger partial charge in [-0.05, 0) is 61.2 Å². The Kier molecular flexibility index (Phi) is 7.65. The van der Waals surface area contributed by atoms with Gasteiger partial charge in [0.2, 0.25) is 0 Å². The molecule has 178 valence electrons. The van der Waals surface area contributed by atoms with Crippen molar-refractivity contribution in [1.29, 1.82) is 0 Å². The van der Waals surface area contributed by atoms with E-state index in [9.17, 15) is 4.79 Å². The van der Waals surface area contributed by atoms with E-state index in [2.05, 4.69) is 37.6 Å². The van der Waals surface area contributed by atoms with Crippen LogP contribution in [0, 0.1) is 13.8 Å². The van der Waals surface area contributed by atoms with Crippen molar-refractivity contribution in [3.8, 4) is 5.75 Å². The number of pyridine rings is 1. The maximum atomic E-state index is 12.5. The number of urea groups is 1. The molecule has 0 radical (unpaired) electrons. The van der Waals surface area contributed by atoms with Gasteiger partial charge in [0, 0.05) is 38.4 Å². The molecular weight excluding hydrogens is 426 g/mol. The molecule has 0 spiro atoms. The third kappa shape index (κ3) is 6.05. The zero-order chi connectivity index (χ0) is 23.9. The lowest BCUT2D eigenvalue weighted by molar-refractivity contribution is 0.262. The Morgan fingerprint density at radius 3 is 2.50 bits per heavy atom. The van der Waals surface area contributed by atoms with Gasteiger partial charge < -0.3 is 20.3 Å². The standard InChI is InChI=1S/C27H33N5O2/c1-20-7-4-8-21(2)26(20)30-27(33)29-23-11-12-25(28-18-23)32-14-6-13-31(15-16-32)19-22-9-5-10-24(17-22)34-3/h4-5,7-12,17-18H,6,13-16,19H2,1-3H3,(H2,29,30,33). The lowest BCUT2D eigenvalue weighted by Gasteiger charge is -2.23. The van der Waals surface area contributed by atoms with E-state index in [0.717, 1.165) is 67.5 Å². The highest BCUT2D eigenvalue weighted by Gasteiger charge is 2.17. The molecule has 3 aromatic rings. The number of hydrogen-bond acceptors (Lipinski definition) is 5. The highest BCUT2D eigenvalue weighted by molar-refractivity contribution is 6.00. The van der Waals surface area contributed by atoms with E-state index in [1.807, 2.05) is 56.3 Å². The predicted octanol–water partition coefficient (Wildman–Crippen LogP) is 5.06. The van der Waals surface area contributed by atoms with Crippen LogP contribution in [0.3, 0.4) is 0 Å². The molecule has 0 atom stereocenters. The number of aryl methyl sites for hydroxylation is 2. The van der Waals surface area contributed by atoms with Crippen LogP contribution in [0.4, 0.5) is 22.0 Å². The van der Waals surface area contributed by atoms with Crippen molar-refractivity contribution in [3.05, 3.63) is 77.5 Å². The fourth-order valence-electron chi connectivity index (χ4n) is 4.32. The fourth-order valence-corrected chi connectivity index (χ4v) is 4.32. The first kappa shape index (κ1) is 23.6. The molecule has 1 aromatic heterocycles. The smallest absolute Gasteiger partial charge is 0.323 e. The molecule has 1 aliphatic heterocycles. The molecule has 1 fully saturated rings. The number of para-hydroxylation sites is 1. The van der Waals surface area contributed by atoms with Crippen molar-refractivity contribution >= 4 is 23.2 Å². The van der Waals surface area contributed by atoms with E-state index in [1.165, 1.54) is 5.56 Å². The Morgan fingerprint density at radius 2 is 1.76 bits per heavy atom. The third-order valence-corrected chi connectivity index (χ3v) is 6.18. The van der Waals surface area contributed by atoms with Crippen LogP contribution in [0.15, 0.2) is 60.8 Å². The summed E-state index contributed by atoms with van der Waals surface area (Å²) in [5.74, 6) is 1.83. The van der Waals surface area contributed by atoms with Gasteiger partial charge in [-0.3, -0.25) is 4.90 Å². The molecule has 0 aliphatic carbocycles. The van der Waals surface area contributed by atoms with Crippen LogP contribution < -0.4 is 20.3 Å². The zero-order valence-electron chi connectivity index (χ0n) is 20.2. The molecular formula is C27H33N5O2. The number of nitrogens with one attached hydrogen (secondary N) is 2. The molecule has 2 N–H and O–H groups in total. The van der Waals surface area contributed by atoms with Gasteiger partial charge in [-0.25, -0.2) is 9.78 Å². The van der Waals surface area contributed by atoms with Gasteiger partial charge in [0.05, 0.1) is 19.0 Å². The fraction of sp³-hybridized carbons (Fsp3) is 0.333. The highest BCUT2D eigenvalue weighted by atomic mass is 16.5. The van der Waals surface area contributed by atoms with Crippen LogP contribution in [0.5, 0.6) is 5.75 Å². The van der Waals surface area contributed by atoms with Crippen LogP contribution >= 0.6 is 0 Å². The number of methoxy groups -OCH3 is 1. The number of amides is 2. The number of carbonyl (C=O) groups is 1. The van der Waals surface area contributed by atoms with Crippen molar-refractivity contribution in [2.24, 2.45) is 0 Å². The number of benzene rings is 2. The second-order valence-electron chi connectivity index (χ2n) is 8.72. The molecule has 1 saturated heterocycles. The summed E-state index contributed by atoms with van der Waals surface area (Å²) >= 11 is 0. The summed E-state index contributed by atoms with van der Waals surface area (Å²) in [5, 5.41) is 5.83. The second kappa shape index (κ2) is 11.0. The second-order valence-corrected chi connectivity index (χ2v) is 8.72. The topological polar surface area (TPSA) is 69.7 Å². The minimum absolute atomic E-state index is 0.269. The zero-order valence-corrected chi connectivity index (χ0v) is 20.2. The first-order valence-corrected chi connectivity index (χ1v) is 11.7. The molecule has 2 heterocycles. The van der Waals surface area contributed by atoms with Gasteiger partial charge in [-0.15, -0.1) is 0 Å². The summed E-state index contributed by atoms with van der Waals surface area (Å²) in [4.78, 5) is 21.9. The van der Waals surface area contributed by atoms with Crippen molar-refractivity contribution in [3.63, 3.8) is 0 Å². The molecule has 2 aromatic carbocycles. The van der Waals surface area contributed by atoms with Crippen molar-refractivity contribution in [2.45, 2.75) is 26.8 Å². The maximum absolute atomic E-state index is 12.5. The molecule has 1 aliphatic rings. The third-order valence-electron chi connectivity index (χ3n) is 6.18. The Labute approximate surface area is 201 Å². The van der Waals surface area contributed by atoms with E-state index in [-0.39, 0.29) is 6.03 Å². The summed E-state index contributed by atoms with van der Waals surface area (Å²) in [6.45, 7) is 8.77. The predicted molar refractivity (Wildman–Crippen MR) is 138 cm³/mol. The van der Waals surface area contributed by atoms with Crippen molar-refractivity contribution in [2.75, 3.05) is 48.8 Å². The van der Waals surface area contributed by atoms with Gasteiger partial charge in [-0.2, -0.15) is 0 Å². The van der Waals surface area contributed by atoms with E-state index in [4.69, 9.17) is 4.74 Å².